The van der Waals surface area contributed by atoms with Crippen LogP contribution in [0.4, 0.5) is 0 Å². The highest BCUT2D eigenvalue weighted by Gasteiger charge is 2.65. The summed E-state index contributed by atoms with van der Waals surface area (Å²) in [5.41, 5.74) is -7.11. The van der Waals surface area contributed by atoms with Crippen molar-refractivity contribution in [3.05, 3.63) is 0 Å². The molecule has 0 aromatic carbocycles. The molecule has 0 radical (unpaired) electrons. The number of esters is 1. The molecule has 0 aliphatic carbocycles. The second-order valence-electron chi connectivity index (χ2n) is 5.75. The number of ether oxygens (including phenoxy) is 1. The van der Waals surface area contributed by atoms with Crippen LogP contribution in [-0.4, -0.2) is 103 Å². The topological polar surface area (TPSA) is 219 Å². The predicted molar refractivity (Wildman–Crippen MR) is 84.2 cm³/mol. The summed E-state index contributed by atoms with van der Waals surface area (Å²) in [7, 11) is 1.00. The molecule has 7 N–H and O–H groups in total. The van der Waals surface area contributed by atoms with Gasteiger partial charge in [0, 0.05) is 12.8 Å². The minimum absolute atomic E-state index is 0.635. The van der Waals surface area contributed by atoms with E-state index in [2.05, 4.69) is 4.74 Å². The van der Waals surface area contributed by atoms with Gasteiger partial charge in [0.05, 0.1) is 33.2 Å². The number of aliphatic hydroxyl groups is 6. The molecule has 12 heteroatoms. The van der Waals surface area contributed by atoms with Gasteiger partial charge in [-0.1, -0.05) is 0 Å². The zero-order valence-electron chi connectivity index (χ0n) is 14.6. The molecule has 0 unspecified atom stereocenters. The second kappa shape index (κ2) is 10.4. The van der Waals surface area contributed by atoms with E-state index < -0.39 is 85.8 Å². The van der Waals surface area contributed by atoms with Gasteiger partial charge in [-0.25, -0.2) is 0 Å². The zero-order chi connectivity index (χ0) is 21.4. The SMILES string of the molecule is COC(=O)CCC(=O)[C@](O)([C@H](O)CO)[C@@](O)(C(=O)CCC(=O)O)[C@@H](O)CO. The molecular formula is C15H24O12. The zero-order valence-corrected chi connectivity index (χ0v) is 14.6. The van der Waals surface area contributed by atoms with Crippen molar-refractivity contribution >= 4 is 23.5 Å². The molecule has 27 heavy (non-hydrogen) atoms. The summed E-state index contributed by atoms with van der Waals surface area (Å²) in [6.07, 6.45) is -8.37. The monoisotopic (exact) mass is 396 g/mol. The van der Waals surface area contributed by atoms with Crippen molar-refractivity contribution in [1.82, 2.24) is 0 Å². The Hall–Kier alpha value is -1.96. The van der Waals surface area contributed by atoms with Gasteiger partial charge in [0.1, 0.15) is 12.2 Å². The average Bonchev–Trinajstić information content (AvgIpc) is 2.66. The van der Waals surface area contributed by atoms with Gasteiger partial charge in [-0.3, -0.25) is 19.2 Å². The van der Waals surface area contributed by atoms with Crippen molar-refractivity contribution < 1.29 is 59.7 Å². The number of carbonyl (C=O) groups excluding carboxylic acids is 3. The smallest absolute Gasteiger partial charge is 0.305 e. The van der Waals surface area contributed by atoms with Crippen molar-refractivity contribution in [3.63, 3.8) is 0 Å². The summed E-state index contributed by atoms with van der Waals surface area (Å²) in [5, 5.41) is 68.1. The Morgan fingerprint density at radius 1 is 0.815 bits per heavy atom. The molecule has 0 amide bonds. The number of hydrogen-bond donors (Lipinski definition) is 7. The first-order chi connectivity index (χ1) is 12.4. The van der Waals surface area contributed by atoms with Crippen molar-refractivity contribution in [1.29, 1.82) is 0 Å². The standard InChI is InChI=1S/C15H24O12/c1-27-13(24)5-3-9(19)15(26,11(21)7-17)14(25,10(20)6-16)8(18)2-4-12(22)23/h10-11,16-17,20-21,25-26H,2-7H2,1H3,(H,22,23)/t10-,11+,14+,15-/m0/s1. The van der Waals surface area contributed by atoms with Gasteiger partial charge in [-0.15, -0.1) is 0 Å². The summed E-state index contributed by atoms with van der Waals surface area (Å²) in [4.78, 5) is 46.6. The molecule has 0 saturated heterocycles. The lowest BCUT2D eigenvalue weighted by atomic mass is 9.68. The highest BCUT2D eigenvalue weighted by Crippen LogP contribution is 2.34. The lowest BCUT2D eigenvalue weighted by Gasteiger charge is -2.45. The van der Waals surface area contributed by atoms with Gasteiger partial charge < -0.3 is 40.5 Å². The number of rotatable bonds is 13. The normalized spacial score (nSPS) is 17.9. The molecule has 0 bridgehead atoms. The molecule has 0 aromatic heterocycles. The van der Waals surface area contributed by atoms with Crippen molar-refractivity contribution in [2.75, 3.05) is 20.3 Å². The number of methoxy groups -OCH3 is 1. The molecule has 0 aliphatic rings. The van der Waals surface area contributed by atoms with Crippen molar-refractivity contribution in [3.8, 4) is 0 Å². The van der Waals surface area contributed by atoms with E-state index in [4.69, 9.17) is 15.3 Å². The first-order valence-corrected chi connectivity index (χ1v) is 7.81. The molecule has 0 rings (SSSR count). The van der Waals surface area contributed by atoms with Crippen LogP contribution >= 0.6 is 0 Å². The van der Waals surface area contributed by atoms with Gasteiger partial charge >= 0.3 is 11.9 Å². The van der Waals surface area contributed by atoms with E-state index in [9.17, 15) is 39.6 Å². The van der Waals surface area contributed by atoms with E-state index in [0.717, 1.165) is 7.11 Å². The van der Waals surface area contributed by atoms with Crippen molar-refractivity contribution in [2.24, 2.45) is 0 Å². The molecule has 0 spiro atoms. The fourth-order valence-corrected chi connectivity index (χ4v) is 2.49. The van der Waals surface area contributed by atoms with Crippen LogP contribution in [0.25, 0.3) is 0 Å². The van der Waals surface area contributed by atoms with E-state index in [1.165, 1.54) is 0 Å². The Balaban J connectivity index is 6.14. The van der Waals surface area contributed by atoms with Gasteiger partial charge in [0.15, 0.2) is 22.8 Å². The van der Waals surface area contributed by atoms with Gasteiger partial charge in [0.25, 0.3) is 0 Å². The fraction of sp³-hybridized carbons (Fsp3) is 0.733. The van der Waals surface area contributed by atoms with E-state index >= 15 is 0 Å². The largest absolute Gasteiger partial charge is 0.481 e. The first-order valence-electron chi connectivity index (χ1n) is 7.81. The first kappa shape index (κ1) is 25.0. The van der Waals surface area contributed by atoms with Crippen molar-refractivity contribution in [2.45, 2.75) is 49.1 Å². The minimum atomic E-state index is -3.56. The van der Waals surface area contributed by atoms with Gasteiger partial charge in [-0.2, -0.15) is 0 Å². The van der Waals surface area contributed by atoms with Gasteiger partial charge in [0.2, 0.25) is 0 Å². The van der Waals surface area contributed by atoms with E-state index in [-0.39, 0.29) is 0 Å². The van der Waals surface area contributed by atoms with Crippen LogP contribution < -0.4 is 0 Å². The van der Waals surface area contributed by atoms with Crippen LogP contribution in [-0.2, 0) is 23.9 Å². The molecular weight excluding hydrogens is 372 g/mol. The maximum atomic E-state index is 12.4. The number of ketones is 2. The molecule has 0 aliphatic heterocycles. The van der Waals surface area contributed by atoms with Crippen LogP contribution in [0.2, 0.25) is 0 Å². The number of carboxylic acid groups (broad SMARTS) is 1. The third kappa shape index (κ3) is 5.28. The maximum absolute atomic E-state index is 12.4. The Morgan fingerprint density at radius 3 is 1.48 bits per heavy atom. The molecule has 12 nitrogen and oxygen atoms in total. The van der Waals surface area contributed by atoms with E-state index in [0.29, 0.717) is 0 Å². The Bertz CT molecular complexity index is 561. The molecule has 156 valence electrons. The Morgan fingerprint density at radius 2 is 1.19 bits per heavy atom. The quantitative estimate of drug-likeness (QED) is 0.149. The Kier molecular flexibility index (Phi) is 9.64. The maximum Gasteiger partial charge on any atom is 0.305 e. The summed E-state index contributed by atoms with van der Waals surface area (Å²) in [6, 6.07) is 0. The summed E-state index contributed by atoms with van der Waals surface area (Å²) >= 11 is 0. The average molecular weight is 396 g/mol. The fourth-order valence-electron chi connectivity index (χ4n) is 2.49. The van der Waals surface area contributed by atoms with E-state index in [1.54, 1.807) is 0 Å². The number of carboxylic acids is 1. The molecule has 4 atom stereocenters. The lowest BCUT2D eigenvalue weighted by molar-refractivity contribution is -0.235. The number of hydrogen-bond acceptors (Lipinski definition) is 11. The van der Waals surface area contributed by atoms with Crippen LogP contribution in [0.1, 0.15) is 25.7 Å². The highest BCUT2D eigenvalue weighted by atomic mass is 16.5. The van der Waals surface area contributed by atoms with Crippen LogP contribution in [0.5, 0.6) is 0 Å². The number of carbonyl (C=O) groups is 4. The molecule has 0 heterocycles. The number of aliphatic hydroxyl groups excluding tert-OH is 4. The third-order valence-electron chi connectivity index (χ3n) is 4.09. The molecule has 0 saturated carbocycles. The number of aliphatic carboxylic acids is 1. The second-order valence-corrected chi connectivity index (χ2v) is 5.75. The summed E-state index contributed by atoms with van der Waals surface area (Å²) in [6.45, 7) is -2.72. The minimum Gasteiger partial charge on any atom is -0.481 e. The molecule has 0 fully saturated rings. The number of Topliss-reactive ketones (excluding diaryl/α,β-unsaturated/α-hetero) is 2. The highest BCUT2D eigenvalue weighted by molar-refractivity contribution is 6.01. The van der Waals surface area contributed by atoms with Crippen LogP contribution in [0.15, 0.2) is 0 Å². The predicted octanol–water partition coefficient (Wildman–Crippen LogP) is -3.89. The Labute approximate surface area is 153 Å². The van der Waals surface area contributed by atoms with Crippen LogP contribution in [0, 0.1) is 0 Å². The van der Waals surface area contributed by atoms with E-state index in [1.807, 2.05) is 0 Å². The van der Waals surface area contributed by atoms with Gasteiger partial charge in [-0.05, 0) is 0 Å². The molecule has 0 aromatic rings. The lowest BCUT2D eigenvalue weighted by Crippen LogP contribution is -2.75. The van der Waals surface area contributed by atoms with Crippen LogP contribution in [0.3, 0.4) is 0 Å². The summed E-state index contributed by atoms with van der Waals surface area (Å²) in [5.74, 6) is -5.49. The summed E-state index contributed by atoms with van der Waals surface area (Å²) < 4.78 is 4.30. The third-order valence-corrected chi connectivity index (χ3v) is 4.09.